The molecule has 0 aliphatic heterocycles. The van der Waals surface area contributed by atoms with Gasteiger partial charge in [-0.1, -0.05) is 48.9 Å². The molecule has 0 radical (unpaired) electrons. The molecule has 0 bridgehead atoms. The van der Waals surface area contributed by atoms with Crippen LogP contribution >= 0.6 is 0 Å². The van der Waals surface area contributed by atoms with Crippen LogP contribution in [0.1, 0.15) is 29.5 Å². The number of likely N-dealkylation sites (N-methyl/N-ethyl adjacent to an activating group) is 1. The summed E-state index contributed by atoms with van der Waals surface area (Å²) >= 11 is 0. The Morgan fingerprint density at radius 3 is 2.50 bits per heavy atom. The lowest BCUT2D eigenvalue weighted by atomic mass is 9.91. The summed E-state index contributed by atoms with van der Waals surface area (Å²) in [6.45, 7) is 5.98. The molecule has 0 fully saturated rings. The lowest BCUT2D eigenvalue weighted by molar-refractivity contribution is 0.583. The molecule has 2 heteroatoms. The molecule has 0 saturated heterocycles. The number of nitrogens with one attached hydrogen (secondary N) is 1. The van der Waals surface area contributed by atoms with Crippen LogP contribution in [0.3, 0.4) is 0 Å². The number of rotatable bonds is 6. The number of aryl methyl sites for hydroxylation is 1. The Morgan fingerprint density at radius 2 is 1.85 bits per heavy atom. The van der Waals surface area contributed by atoms with E-state index in [0.717, 1.165) is 25.1 Å². The number of benzene rings is 2. The third-order valence-electron chi connectivity index (χ3n) is 3.56. The van der Waals surface area contributed by atoms with E-state index in [1.54, 1.807) is 12.1 Å². The van der Waals surface area contributed by atoms with Crippen LogP contribution in [0.15, 0.2) is 48.5 Å². The third kappa shape index (κ3) is 4.17. The number of hydrogen-bond donors (Lipinski definition) is 1. The van der Waals surface area contributed by atoms with E-state index < -0.39 is 0 Å². The molecule has 1 atom stereocenters. The summed E-state index contributed by atoms with van der Waals surface area (Å²) in [5.41, 5.74) is 3.62. The van der Waals surface area contributed by atoms with Gasteiger partial charge in [-0.05, 0) is 43.1 Å². The van der Waals surface area contributed by atoms with E-state index in [4.69, 9.17) is 0 Å². The van der Waals surface area contributed by atoms with E-state index in [0.29, 0.717) is 5.92 Å². The van der Waals surface area contributed by atoms with Gasteiger partial charge in [0.25, 0.3) is 0 Å². The molecule has 1 nitrogen and oxygen atoms in total. The zero-order chi connectivity index (χ0) is 14.4. The lowest BCUT2D eigenvalue weighted by Gasteiger charge is -2.18. The van der Waals surface area contributed by atoms with Crippen molar-refractivity contribution in [2.75, 3.05) is 13.1 Å². The van der Waals surface area contributed by atoms with Crippen LogP contribution < -0.4 is 5.32 Å². The van der Waals surface area contributed by atoms with Crippen LogP contribution in [-0.2, 0) is 6.42 Å². The molecule has 2 aromatic rings. The maximum Gasteiger partial charge on any atom is 0.123 e. The Kier molecular flexibility index (Phi) is 5.31. The average molecular weight is 271 g/mol. The predicted molar refractivity (Wildman–Crippen MR) is 82.6 cm³/mol. The summed E-state index contributed by atoms with van der Waals surface area (Å²) < 4.78 is 13.4. The fraction of sp³-hybridized carbons (Fsp3) is 0.333. The maximum absolute atomic E-state index is 13.4. The van der Waals surface area contributed by atoms with Crippen molar-refractivity contribution < 1.29 is 4.39 Å². The van der Waals surface area contributed by atoms with Gasteiger partial charge in [-0.15, -0.1) is 0 Å². The number of halogens is 1. The number of hydrogen-bond acceptors (Lipinski definition) is 1. The van der Waals surface area contributed by atoms with Crippen molar-refractivity contribution in [3.63, 3.8) is 0 Å². The van der Waals surface area contributed by atoms with E-state index >= 15 is 0 Å². The van der Waals surface area contributed by atoms with Crippen molar-refractivity contribution in [3.05, 3.63) is 71.0 Å². The van der Waals surface area contributed by atoms with Gasteiger partial charge in [0.1, 0.15) is 5.82 Å². The molecule has 0 spiro atoms. The minimum atomic E-state index is -0.159. The van der Waals surface area contributed by atoms with Crippen LogP contribution in [0.25, 0.3) is 0 Å². The molecule has 0 amide bonds. The molecular weight excluding hydrogens is 249 g/mol. The highest BCUT2D eigenvalue weighted by Crippen LogP contribution is 2.21. The van der Waals surface area contributed by atoms with E-state index in [2.05, 4.69) is 43.4 Å². The van der Waals surface area contributed by atoms with Crippen LogP contribution in [0, 0.1) is 12.7 Å². The van der Waals surface area contributed by atoms with Gasteiger partial charge in [0.05, 0.1) is 0 Å². The molecule has 0 heterocycles. The average Bonchev–Trinajstić information content (AvgIpc) is 2.45. The minimum absolute atomic E-state index is 0.159. The van der Waals surface area contributed by atoms with Gasteiger partial charge in [-0.2, -0.15) is 0 Å². The molecule has 20 heavy (non-hydrogen) atoms. The zero-order valence-electron chi connectivity index (χ0n) is 12.2. The monoisotopic (exact) mass is 271 g/mol. The fourth-order valence-corrected chi connectivity index (χ4v) is 2.40. The first kappa shape index (κ1) is 14.7. The summed E-state index contributed by atoms with van der Waals surface area (Å²) in [4.78, 5) is 0. The molecule has 0 aliphatic carbocycles. The third-order valence-corrected chi connectivity index (χ3v) is 3.56. The van der Waals surface area contributed by atoms with Crippen LogP contribution in [-0.4, -0.2) is 13.1 Å². The molecule has 1 N–H and O–H groups in total. The van der Waals surface area contributed by atoms with Crippen LogP contribution in [0.4, 0.5) is 4.39 Å². The predicted octanol–water partition coefficient (Wildman–Crippen LogP) is 4.07. The van der Waals surface area contributed by atoms with Gasteiger partial charge >= 0.3 is 0 Å². The molecule has 0 saturated carbocycles. The fourth-order valence-electron chi connectivity index (χ4n) is 2.40. The van der Waals surface area contributed by atoms with Gasteiger partial charge < -0.3 is 5.32 Å². The van der Waals surface area contributed by atoms with Crippen LogP contribution in [0.5, 0.6) is 0 Å². The molecule has 106 valence electrons. The second-order valence-electron chi connectivity index (χ2n) is 5.25. The first-order chi connectivity index (χ1) is 9.69. The quantitative estimate of drug-likeness (QED) is 0.835. The molecule has 0 aromatic heterocycles. The topological polar surface area (TPSA) is 12.0 Å². The Labute approximate surface area is 120 Å². The zero-order valence-corrected chi connectivity index (χ0v) is 12.2. The van der Waals surface area contributed by atoms with Crippen molar-refractivity contribution in [1.29, 1.82) is 0 Å². The molecular formula is C18H22FN. The Hall–Kier alpha value is -1.67. The van der Waals surface area contributed by atoms with E-state index in [1.807, 2.05) is 6.07 Å². The Bertz CT molecular complexity index is 533. The van der Waals surface area contributed by atoms with Crippen molar-refractivity contribution in [2.24, 2.45) is 0 Å². The smallest absolute Gasteiger partial charge is 0.123 e. The van der Waals surface area contributed by atoms with Gasteiger partial charge in [0.2, 0.25) is 0 Å². The summed E-state index contributed by atoms with van der Waals surface area (Å²) in [6.07, 6.45) is 0.927. The highest BCUT2D eigenvalue weighted by Gasteiger charge is 2.12. The molecule has 2 rings (SSSR count). The Balaban J connectivity index is 2.16. The van der Waals surface area contributed by atoms with Crippen molar-refractivity contribution in [2.45, 2.75) is 26.2 Å². The van der Waals surface area contributed by atoms with E-state index in [-0.39, 0.29) is 5.82 Å². The summed E-state index contributed by atoms with van der Waals surface area (Å²) in [5, 5.41) is 3.38. The lowest BCUT2D eigenvalue weighted by Crippen LogP contribution is -2.22. The molecule has 2 aromatic carbocycles. The van der Waals surface area contributed by atoms with Gasteiger partial charge in [0.15, 0.2) is 0 Å². The van der Waals surface area contributed by atoms with Gasteiger partial charge in [-0.3, -0.25) is 0 Å². The SMILES string of the molecule is CCNCC(Cc1ccc(C)cc1)c1cccc(F)c1. The summed E-state index contributed by atoms with van der Waals surface area (Å²) in [6, 6.07) is 15.5. The first-order valence-electron chi connectivity index (χ1n) is 7.20. The van der Waals surface area contributed by atoms with Gasteiger partial charge in [-0.25, -0.2) is 4.39 Å². The minimum Gasteiger partial charge on any atom is -0.316 e. The van der Waals surface area contributed by atoms with Crippen molar-refractivity contribution >= 4 is 0 Å². The molecule has 1 unspecified atom stereocenters. The normalized spacial score (nSPS) is 12.3. The van der Waals surface area contributed by atoms with E-state index in [9.17, 15) is 4.39 Å². The first-order valence-corrected chi connectivity index (χ1v) is 7.20. The highest BCUT2D eigenvalue weighted by atomic mass is 19.1. The largest absolute Gasteiger partial charge is 0.316 e. The summed E-state index contributed by atoms with van der Waals surface area (Å²) in [5.74, 6) is 0.140. The van der Waals surface area contributed by atoms with Crippen molar-refractivity contribution in [1.82, 2.24) is 5.32 Å². The second-order valence-corrected chi connectivity index (χ2v) is 5.25. The Morgan fingerprint density at radius 1 is 1.10 bits per heavy atom. The highest BCUT2D eigenvalue weighted by molar-refractivity contribution is 5.27. The second kappa shape index (κ2) is 7.20. The van der Waals surface area contributed by atoms with E-state index in [1.165, 1.54) is 17.2 Å². The van der Waals surface area contributed by atoms with Gasteiger partial charge in [0, 0.05) is 12.5 Å². The molecule has 0 aliphatic rings. The maximum atomic E-state index is 13.4. The standard InChI is InChI=1S/C18H22FN/c1-3-20-13-17(16-5-4-6-18(19)12-16)11-15-9-7-14(2)8-10-15/h4-10,12,17,20H,3,11,13H2,1-2H3. The van der Waals surface area contributed by atoms with Crippen LogP contribution in [0.2, 0.25) is 0 Å². The van der Waals surface area contributed by atoms with Crippen molar-refractivity contribution in [3.8, 4) is 0 Å². The summed E-state index contributed by atoms with van der Waals surface area (Å²) in [7, 11) is 0.